The summed E-state index contributed by atoms with van der Waals surface area (Å²) in [5, 5.41) is 4.37. The van der Waals surface area contributed by atoms with Crippen LogP contribution in [0.25, 0.3) is 110 Å². The van der Waals surface area contributed by atoms with Crippen molar-refractivity contribution in [1.82, 2.24) is 15.0 Å². The lowest BCUT2D eigenvalue weighted by molar-refractivity contribution is 0.660. The van der Waals surface area contributed by atoms with Crippen molar-refractivity contribution in [2.24, 2.45) is 0 Å². The molecule has 0 spiro atoms. The topological polar surface area (TPSA) is 51.8 Å². The number of rotatable bonds is 5. The second-order valence-electron chi connectivity index (χ2n) is 16.0. The minimum absolute atomic E-state index is 0.0512. The number of hydrogen-bond donors (Lipinski definition) is 0. The van der Waals surface area contributed by atoms with Crippen molar-refractivity contribution < 1.29 is 4.42 Å². The second kappa shape index (κ2) is 12.9. The second-order valence-corrected chi connectivity index (χ2v) is 17.0. The van der Waals surface area contributed by atoms with Crippen molar-refractivity contribution in [3.63, 3.8) is 0 Å². The molecule has 0 atom stereocenters. The minimum atomic E-state index is -0.0512. The van der Waals surface area contributed by atoms with Crippen LogP contribution in [0.2, 0.25) is 0 Å². The lowest BCUT2D eigenvalue weighted by atomic mass is 9.81. The van der Waals surface area contributed by atoms with E-state index in [1.165, 1.54) is 59.3 Å². The summed E-state index contributed by atoms with van der Waals surface area (Å²) in [6, 6.07) is 62.5. The first kappa shape index (κ1) is 33.9. The van der Waals surface area contributed by atoms with E-state index < -0.39 is 0 Å². The minimum Gasteiger partial charge on any atom is -0.456 e. The Labute approximate surface area is 345 Å². The molecule has 0 aliphatic heterocycles. The Morgan fingerprint density at radius 1 is 0.390 bits per heavy atom. The predicted octanol–water partition coefficient (Wildman–Crippen LogP) is 14.8. The molecule has 0 bridgehead atoms. The first-order valence-corrected chi connectivity index (χ1v) is 20.8. The van der Waals surface area contributed by atoms with Gasteiger partial charge in [-0.25, -0.2) is 15.0 Å². The summed E-state index contributed by atoms with van der Waals surface area (Å²) in [6.45, 7) is 4.68. The summed E-state index contributed by atoms with van der Waals surface area (Å²) in [5.74, 6) is 1.88. The summed E-state index contributed by atoms with van der Waals surface area (Å²) in [4.78, 5) is 15.6. The summed E-state index contributed by atoms with van der Waals surface area (Å²) in [7, 11) is 0. The average molecular weight is 774 g/mol. The lowest BCUT2D eigenvalue weighted by Gasteiger charge is -2.22. The van der Waals surface area contributed by atoms with Crippen LogP contribution in [0, 0.1) is 0 Å². The highest BCUT2D eigenvalue weighted by atomic mass is 32.1. The molecule has 4 nitrogen and oxygen atoms in total. The Kier molecular flexibility index (Phi) is 7.41. The van der Waals surface area contributed by atoms with E-state index in [1.54, 1.807) is 11.3 Å². The Hall–Kier alpha value is -7.21. The quantitative estimate of drug-likeness (QED) is 0.175. The lowest BCUT2D eigenvalue weighted by Crippen LogP contribution is -2.14. The Bertz CT molecular complexity index is 3490. The van der Waals surface area contributed by atoms with Gasteiger partial charge in [-0.2, -0.15) is 0 Å². The molecule has 11 aromatic rings. The molecule has 1 aliphatic carbocycles. The molecular weight excluding hydrogens is 739 g/mol. The van der Waals surface area contributed by atoms with Gasteiger partial charge >= 0.3 is 0 Å². The number of para-hydroxylation sites is 1. The molecule has 0 saturated carbocycles. The normalized spacial score (nSPS) is 13.1. The Balaban J connectivity index is 1.00. The van der Waals surface area contributed by atoms with Crippen molar-refractivity contribution in [3.05, 3.63) is 187 Å². The van der Waals surface area contributed by atoms with Gasteiger partial charge < -0.3 is 4.42 Å². The van der Waals surface area contributed by atoms with Crippen molar-refractivity contribution >= 4 is 53.4 Å². The fourth-order valence-electron chi connectivity index (χ4n) is 9.25. The third-order valence-corrected chi connectivity index (χ3v) is 13.3. The molecule has 0 fully saturated rings. The van der Waals surface area contributed by atoms with Crippen LogP contribution in [0.4, 0.5) is 0 Å². The van der Waals surface area contributed by atoms with Crippen molar-refractivity contribution in [1.29, 1.82) is 0 Å². The fourth-order valence-corrected chi connectivity index (χ4v) is 10.4. The summed E-state index contributed by atoms with van der Waals surface area (Å²) >= 11 is 1.80. The van der Waals surface area contributed by atoms with Gasteiger partial charge in [-0.15, -0.1) is 11.3 Å². The predicted molar refractivity (Wildman–Crippen MR) is 245 cm³/mol. The third-order valence-electron chi connectivity index (χ3n) is 12.2. The van der Waals surface area contributed by atoms with Crippen molar-refractivity contribution in [2.75, 3.05) is 0 Å². The number of hydrogen-bond acceptors (Lipinski definition) is 5. The molecule has 3 heterocycles. The molecule has 1 aliphatic rings. The zero-order chi connectivity index (χ0) is 39.2. The molecule has 3 aromatic heterocycles. The van der Waals surface area contributed by atoms with Crippen LogP contribution in [-0.4, -0.2) is 15.0 Å². The third kappa shape index (κ3) is 5.32. The van der Waals surface area contributed by atoms with Crippen molar-refractivity contribution in [2.45, 2.75) is 19.3 Å². The SMILES string of the molecule is CC1(C)c2ccccc2-c2ccc(-c3cccc(-c4ccc5sc6cccc(-c7nc(-c8ccccc8)nc(-c8cccc9oc%10ccccc%10c89)n7)c6c5c4)c3)cc21. The zero-order valence-electron chi connectivity index (χ0n) is 32.4. The molecule has 0 radical (unpaired) electrons. The highest BCUT2D eigenvalue weighted by Gasteiger charge is 2.35. The maximum Gasteiger partial charge on any atom is 0.164 e. The van der Waals surface area contributed by atoms with Gasteiger partial charge in [-0.05, 0) is 87.0 Å². The summed E-state index contributed by atoms with van der Waals surface area (Å²) < 4.78 is 8.70. The van der Waals surface area contributed by atoms with E-state index in [0.717, 1.165) is 44.0 Å². The van der Waals surface area contributed by atoms with Crippen molar-refractivity contribution in [3.8, 4) is 67.5 Å². The molecule has 5 heteroatoms. The highest BCUT2D eigenvalue weighted by Crippen LogP contribution is 2.50. The van der Waals surface area contributed by atoms with Crippen LogP contribution in [0.1, 0.15) is 25.0 Å². The molecule has 0 saturated heterocycles. The standard InChI is InChI=1S/C54H35N3OS/c1-54(2)43-21-8-6-17-37(43)38-27-25-36(31-44(38)54)34-16-10-15-33(29-34)35-26-28-47-42(30-35)50-41(20-12-24-48(50)59-47)53-56-51(32-13-4-3-5-14-32)55-52(57-53)40-19-11-23-46-49(40)39-18-7-9-22-45(39)58-46/h3-31H,1-2H3. The van der Waals surface area contributed by atoms with Gasteiger partial charge in [0.15, 0.2) is 17.5 Å². The number of furan rings is 1. The molecular formula is C54H35N3OS. The van der Waals surface area contributed by atoms with Crippen LogP contribution in [0.5, 0.6) is 0 Å². The molecule has 0 unspecified atom stereocenters. The maximum atomic E-state index is 6.29. The van der Waals surface area contributed by atoms with Gasteiger partial charge in [0.05, 0.1) is 0 Å². The Morgan fingerprint density at radius 2 is 0.983 bits per heavy atom. The van der Waals surface area contributed by atoms with E-state index in [-0.39, 0.29) is 5.41 Å². The van der Waals surface area contributed by atoms with Crippen LogP contribution in [0.3, 0.4) is 0 Å². The molecule has 278 valence electrons. The number of fused-ring (bicyclic) bond motifs is 9. The average Bonchev–Trinajstić information content (AvgIpc) is 3.94. The molecule has 0 N–H and O–H groups in total. The van der Waals surface area contributed by atoms with Gasteiger partial charge in [-0.3, -0.25) is 0 Å². The van der Waals surface area contributed by atoms with E-state index in [4.69, 9.17) is 19.4 Å². The largest absolute Gasteiger partial charge is 0.456 e. The van der Waals surface area contributed by atoms with E-state index in [2.05, 4.69) is 141 Å². The molecule has 12 rings (SSSR count). The van der Waals surface area contributed by atoms with Gasteiger partial charge in [0.25, 0.3) is 0 Å². The van der Waals surface area contributed by atoms with E-state index >= 15 is 0 Å². The van der Waals surface area contributed by atoms with Crippen LogP contribution in [-0.2, 0) is 5.41 Å². The molecule has 59 heavy (non-hydrogen) atoms. The van der Waals surface area contributed by atoms with Crippen LogP contribution >= 0.6 is 11.3 Å². The van der Waals surface area contributed by atoms with Gasteiger partial charge in [0.2, 0.25) is 0 Å². The number of thiophene rings is 1. The summed E-state index contributed by atoms with van der Waals surface area (Å²) in [5.41, 5.74) is 14.7. The molecule has 8 aromatic carbocycles. The maximum absolute atomic E-state index is 6.29. The number of aromatic nitrogens is 3. The molecule has 0 amide bonds. The smallest absolute Gasteiger partial charge is 0.164 e. The number of nitrogens with zero attached hydrogens (tertiary/aromatic N) is 3. The number of benzene rings is 8. The van der Waals surface area contributed by atoms with Gasteiger partial charge in [0.1, 0.15) is 11.2 Å². The summed E-state index contributed by atoms with van der Waals surface area (Å²) in [6.07, 6.45) is 0. The monoisotopic (exact) mass is 773 g/mol. The Morgan fingerprint density at radius 3 is 1.83 bits per heavy atom. The van der Waals surface area contributed by atoms with E-state index in [0.29, 0.717) is 17.5 Å². The van der Waals surface area contributed by atoms with Crippen LogP contribution < -0.4 is 0 Å². The van der Waals surface area contributed by atoms with E-state index in [1.807, 2.05) is 48.5 Å². The fraction of sp³-hybridized carbons (Fsp3) is 0.0556. The van der Waals surface area contributed by atoms with Gasteiger partial charge in [-0.1, -0.05) is 147 Å². The first-order chi connectivity index (χ1) is 29.0. The van der Waals surface area contributed by atoms with E-state index in [9.17, 15) is 0 Å². The van der Waals surface area contributed by atoms with Gasteiger partial charge in [0, 0.05) is 53.1 Å². The first-order valence-electron chi connectivity index (χ1n) is 20.0. The van der Waals surface area contributed by atoms with Crippen LogP contribution in [0.15, 0.2) is 180 Å². The zero-order valence-corrected chi connectivity index (χ0v) is 33.2. The highest BCUT2D eigenvalue weighted by molar-refractivity contribution is 7.26.